The first-order valence-corrected chi connectivity index (χ1v) is 4.39. The number of hydrogen-bond donors (Lipinski definition) is 3. The molecule has 70 valence electrons. The number of aliphatic carboxylic acids is 1. The lowest BCUT2D eigenvalue weighted by Crippen LogP contribution is -2.07. The second kappa shape index (κ2) is 4.25. The summed E-state index contributed by atoms with van der Waals surface area (Å²) in [6.07, 6.45) is 0.00539. The van der Waals surface area contributed by atoms with Crippen LogP contribution in [0.3, 0.4) is 0 Å². The molecule has 0 atom stereocenters. The van der Waals surface area contributed by atoms with Crippen molar-refractivity contribution < 1.29 is 9.90 Å². The van der Waals surface area contributed by atoms with Crippen molar-refractivity contribution in [3.63, 3.8) is 0 Å². The number of anilines is 1. The first kappa shape index (κ1) is 10.0. The molecule has 0 saturated carbocycles. The molecule has 0 amide bonds. The molecule has 0 aromatic heterocycles. The molecule has 0 aliphatic heterocycles. The minimum atomic E-state index is -0.853. The first-order chi connectivity index (χ1) is 6.13. The second-order valence-electron chi connectivity index (χ2n) is 2.52. The maximum Gasteiger partial charge on any atom is 0.307 e. The summed E-state index contributed by atoms with van der Waals surface area (Å²) in [4.78, 5) is 10.4. The predicted octanol–water partition coefficient (Wildman–Crippen LogP) is 1.36. The topological polar surface area (TPSA) is 75.3 Å². The van der Waals surface area contributed by atoms with Gasteiger partial charge in [-0.1, -0.05) is 22.0 Å². The standard InChI is InChI=1S/C8H9BrN2O2/c9-7-4-6(11-10)2-1-5(7)3-8(12)13/h1-2,4,11H,3,10H2,(H,12,13). The molecule has 0 unspecified atom stereocenters. The lowest BCUT2D eigenvalue weighted by molar-refractivity contribution is -0.136. The van der Waals surface area contributed by atoms with Crippen molar-refractivity contribution in [1.29, 1.82) is 0 Å². The molecular weight excluding hydrogens is 236 g/mol. The summed E-state index contributed by atoms with van der Waals surface area (Å²) in [7, 11) is 0. The number of carboxylic acid groups (broad SMARTS) is 1. The summed E-state index contributed by atoms with van der Waals surface area (Å²) in [5, 5.41) is 8.56. The Hall–Kier alpha value is -1.07. The molecule has 1 aromatic rings. The van der Waals surface area contributed by atoms with Gasteiger partial charge in [0.25, 0.3) is 0 Å². The van der Waals surface area contributed by atoms with Crippen LogP contribution in [-0.4, -0.2) is 11.1 Å². The number of benzene rings is 1. The maximum atomic E-state index is 10.4. The van der Waals surface area contributed by atoms with Gasteiger partial charge in [-0.15, -0.1) is 0 Å². The Balaban J connectivity index is 2.91. The summed E-state index contributed by atoms with van der Waals surface area (Å²) in [6.45, 7) is 0. The molecule has 0 heterocycles. The average Bonchev–Trinajstić information content (AvgIpc) is 2.08. The van der Waals surface area contributed by atoms with Crippen LogP contribution in [0.4, 0.5) is 5.69 Å². The summed E-state index contributed by atoms with van der Waals surface area (Å²) in [6, 6.07) is 5.18. The van der Waals surface area contributed by atoms with E-state index in [9.17, 15) is 4.79 Å². The van der Waals surface area contributed by atoms with Crippen LogP contribution in [0.2, 0.25) is 0 Å². The van der Waals surface area contributed by atoms with E-state index >= 15 is 0 Å². The Kier molecular flexibility index (Phi) is 3.27. The molecule has 0 saturated heterocycles. The van der Waals surface area contributed by atoms with Crippen molar-refractivity contribution >= 4 is 27.6 Å². The van der Waals surface area contributed by atoms with Gasteiger partial charge in [-0.2, -0.15) is 0 Å². The Bertz CT molecular complexity index is 328. The van der Waals surface area contributed by atoms with E-state index in [-0.39, 0.29) is 6.42 Å². The van der Waals surface area contributed by atoms with Crippen molar-refractivity contribution in [2.75, 3.05) is 5.43 Å². The smallest absolute Gasteiger partial charge is 0.307 e. The zero-order chi connectivity index (χ0) is 9.84. The zero-order valence-corrected chi connectivity index (χ0v) is 8.34. The second-order valence-corrected chi connectivity index (χ2v) is 3.38. The summed E-state index contributed by atoms with van der Waals surface area (Å²) in [5.74, 6) is 4.33. The molecule has 0 spiro atoms. The summed E-state index contributed by atoms with van der Waals surface area (Å²) in [5.41, 5.74) is 3.94. The van der Waals surface area contributed by atoms with Crippen LogP contribution in [0.1, 0.15) is 5.56 Å². The van der Waals surface area contributed by atoms with Gasteiger partial charge in [0.1, 0.15) is 0 Å². The van der Waals surface area contributed by atoms with Crippen LogP contribution < -0.4 is 11.3 Å². The van der Waals surface area contributed by atoms with Crippen molar-refractivity contribution in [3.8, 4) is 0 Å². The van der Waals surface area contributed by atoms with Gasteiger partial charge in [0.2, 0.25) is 0 Å². The molecule has 0 radical (unpaired) electrons. The molecule has 4 nitrogen and oxygen atoms in total. The molecule has 4 N–H and O–H groups in total. The van der Waals surface area contributed by atoms with E-state index in [2.05, 4.69) is 21.4 Å². The minimum absolute atomic E-state index is 0.00539. The maximum absolute atomic E-state index is 10.4. The lowest BCUT2D eigenvalue weighted by Gasteiger charge is -2.04. The molecule has 0 bridgehead atoms. The molecule has 0 fully saturated rings. The number of rotatable bonds is 3. The van der Waals surface area contributed by atoms with Crippen molar-refractivity contribution in [2.45, 2.75) is 6.42 Å². The van der Waals surface area contributed by atoms with Crippen LogP contribution in [0, 0.1) is 0 Å². The molecular formula is C8H9BrN2O2. The number of nitrogens with two attached hydrogens (primary N) is 1. The Labute approximate surface area is 83.8 Å². The highest BCUT2D eigenvalue weighted by molar-refractivity contribution is 9.10. The van der Waals surface area contributed by atoms with Gasteiger partial charge in [0.05, 0.1) is 6.42 Å². The van der Waals surface area contributed by atoms with Crippen LogP contribution >= 0.6 is 15.9 Å². The number of halogens is 1. The van der Waals surface area contributed by atoms with Gasteiger partial charge in [0.15, 0.2) is 0 Å². The minimum Gasteiger partial charge on any atom is -0.481 e. The van der Waals surface area contributed by atoms with E-state index in [4.69, 9.17) is 10.9 Å². The van der Waals surface area contributed by atoms with Gasteiger partial charge in [-0.25, -0.2) is 0 Å². The van der Waals surface area contributed by atoms with Crippen molar-refractivity contribution in [3.05, 3.63) is 28.2 Å². The Morgan fingerprint density at radius 3 is 2.77 bits per heavy atom. The Morgan fingerprint density at radius 2 is 2.31 bits per heavy atom. The highest BCUT2D eigenvalue weighted by Crippen LogP contribution is 2.21. The van der Waals surface area contributed by atoms with E-state index in [0.717, 1.165) is 15.7 Å². The van der Waals surface area contributed by atoms with Crippen molar-refractivity contribution in [1.82, 2.24) is 0 Å². The number of hydrogen-bond acceptors (Lipinski definition) is 3. The molecule has 1 rings (SSSR count). The fourth-order valence-corrected chi connectivity index (χ4v) is 1.46. The summed E-state index contributed by atoms with van der Waals surface area (Å²) >= 11 is 3.26. The highest BCUT2D eigenvalue weighted by atomic mass is 79.9. The normalized spacial score (nSPS) is 9.69. The van der Waals surface area contributed by atoms with Gasteiger partial charge in [-0.05, 0) is 17.7 Å². The molecule has 13 heavy (non-hydrogen) atoms. The number of nitrogen functional groups attached to an aromatic ring is 1. The van der Waals surface area contributed by atoms with Gasteiger partial charge < -0.3 is 10.5 Å². The fraction of sp³-hybridized carbons (Fsp3) is 0.125. The molecule has 0 aliphatic carbocycles. The molecule has 0 aliphatic rings. The van der Waals surface area contributed by atoms with Crippen LogP contribution in [0.5, 0.6) is 0 Å². The third-order valence-corrected chi connectivity index (χ3v) is 2.30. The predicted molar refractivity (Wildman–Crippen MR) is 53.3 cm³/mol. The first-order valence-electron chi connectivity index (χ1n) is 3.60. The van der Waals surface area contributed by atoms with E-state index in [1.54, 1.807) is 18.2 Å². The quantitative estimate of drug-likeness (QED) is 0.555. The number of carbonyl (C=O) groups is 1. The highest BCUT2D eigenvalue weighted by Gasteiger charge is 2.04. The Morgan fingerprint density at radius 1 is 1.62 bits per heavy atom. The van der Waals surface area contributed by atoms with Crippen LogP contribution in [0.25, 0.3) is 0 Å². The fourth-order valence-electron chi connectivity index (χ4n) is 0.943. The van der Waals surface area contributed by atoms with E-state index in [1.807, 2.05) is 0 Å². The van der Waals surface area contributed by atoms with E-state index in [0.29, 0.717) is 0 Å². The number of carboxylic acids is 1. The number of hydrazine groups is 1. The van der Waals surface area contributed by atoms with Gasteiger partial charge in [0, 0.05) is 10.2 Å². The number of nitrogens with one attached hydrogen (secondary N) is 1. The summed E-state index contributed by atoms with van der Waals surface area (Å²) < 4.78 is 0.741. The van der Waals surface area contributed by atoms with E-state index < -0.39 is 5.97 Å². The SMILES string of the molecule is NNc1ccc(CC(=O)O)c(Br)c1. The van der Waals surface area contributed by atoms with Crippen molar-refractivity contribution in [2.24, 2.45) is 5.84 Å². The zero-order valence-electron chi connectivity index (χ0n) is 6.75. The van der Waals surface area contributed by atoms with Gasteiger partial charge in [-0.3, -0.25) is 10.6 Å². The largest absolute Gasteiger partial charge is 0.481 e. The van der Waals surface area contributed by atoms with Gasteiger partial charge >= 0.3 is 5.97 Å². The van der Waals surface area contributed by atoms with Crippen LogP contribution in [0.15, 0.2) is 22.7 Å². The third kappa shape index (κ3) is 2.71. The molecule has 5 heteroatoms. The average molecular weight is 245 g/mol. The lowest BCUT2D eigenvalue weighted by atomic mass is 10.1. The monoisotopic (exact) mass is 244 g/mol. The van der Waals surface area contributed by atoms with Crippen LogP contribution in [-0.2, 0) is 11.2 Å². The third-order valence-electron chi connectivity index (χ3n) is 1.56. The molecule has 1 aromatic carbocycles. The van der Waals surface area contributed by atoms with E-state index in [1.165, 1.54) is 0 Å².